The lowest BCUT2D eigenvalue weighted by Crippen LogP contribution is -2.07. The third-order valence-corrected chi connectivity index (χ3v) is 2.17. The lowest BCUT2D eigenvalue weighted by atomic mass is 10.2. The van der Waals surface area contributed by atoms with E-state index in [4.69, 9.17) is 0 Å². The van der Waals surface area contributed by atoms with Gasteiger partial charge in [-0.3, -0.25) is 4.98 Å². The zero-order chi connectivity index (χ0) is 11.8. The highest BCUT2D eigenvalue weighted by Crippen LogP contribution is 2.29. The Morgan fingerprint density at radius 2 is 2.12 bits per heavy atom. The molecule has 16 heavy (non-hydrogen) atoms. The second-order valence-electron chi connectivity index (χ2n) is 2.77. The van der Waals surface area contributed by atoms with Crippen LogP contribution in [0.25, 0.3) is 11.5 Å². The Labute approximate surface area is 90.5 Å². The molecule has 2 aromatic heterocycles. The first-order valence-electron chi connectivity index (χ1n) is 3.97. The molecule has 84 valence electrons. The van der Waals surface area contributed by atoms with Gasteiger partial charge in [0.1, 0.15) is 5.69 Å². The van der Waals surface area contributed by atoms with Crippen molar-refractivity contribution in [3.63, 3.8) is 0 Å². The topological polar surface area (TPSA) is 56.0 Å². The molecular formula is C8H3F3N2O2S. The molecule has 2 aromatic rings. The van der Waals surface area contributed by atoms with Crippen LogP contribution in [0.1, 0.15) is 5.69 Å². The minimum atomic E-state index is -4.54. The summed E-state index contributed by atoms with van der Waals surface area (Å²) in [6.07, 6.45) is -3.55. The number of rotatable bonds is 1. The van der Waals surface area contributed by atoms with Gasteiger partial charge in [-0.1, -0.05) is 0 Å². The number of nitrogens with zero attached hydrogens (tertiary/aromatic N) is 2. The molecular weight excluding hydrogens is 245 g/mol. The number of halogens is 3. The summed E-state index contributed by atoms with van der Waals surface area (Å²) in [6.45, 7) is 0. The quantitative estimate of drug-likeness (QED) is 0.776. The Balaban J connectivity index is 2.48. The van der Waals surface area contributed by atoms with Crippen LogP contribution >= 0.6 is 11.5 Å². The minimum absolute atomic E-state index is 0.0701. The fourth-order valence-corrected chi connectivity index (χ4v) is 1.44. The number of pyridine rings is 1. The molecule has 0 saturated heterocycles. The van der Waals surface area contributed by atoms with Crippen LogP contribution < -0.4 is 4.94 Å². The van der Waals surface area contributed by atoms with Crippen molar-refractivity contribution in [1.29, 1.82) is 0 Å². The summed E-state index contributed by atoms with van der Waals surface area (Å²) in [5, 5.41) is 0. The largest absolute Gasteiger partial charge is 0.433 e. The van der Waals surface area contributed by atoms with E-state index in [0.717, 1.165) is 12.3 Å². The van der Waals surface area contributed by atoms with Gasteiger partial charge in [-0.05, 0) is 12.1 Å². The third kappa shape index (κ3) is 2.11. The van der Waals surface area contributed by atoms with E-state index in [-0.39, 0.29) is 11.5 Å². The molecule has 0 aliphatic carbocycles. The Morgan fingerprint density at radius 3 is 2.69 bits per heavy atom. The molecule has 0 aromatic carbocycles. The fourth-order valence-electron chi connectivity index (χ4n) is 1.03. The fraction of sp³-hybridized carbons (Fsp3) is 0.125. The van der Waals surface area contributed by atoms with E-state index >= 15 is 0 Å². The molecule has 0 radical (unpaired) electrons. The van der Waals surface area contributed by atoms with Crippen molar-refractivity contribution in [2.75, 3.05) is 0 Å². The van der Waals surface area contributed by atoms with Crippen LogP contribution in [0.4, 0.5) is 13.2 Å². The second kappa shape index (κ2) is 3.71. The maximum Gasteiger partial charge on any atom is 0.433 e. The molecule has 0 atom stereocenters. The number of hydrogen-bond donors (Lipinski definition) is 0. The first-order valence-corrected chi connectivity index (χ1v) is 4.74. The highest BCUT2D eigenvalue weighted by molar-refractivity contribution is 7.02. The molecule has 0 N–H and O–H groups in total. The van der Waals surface area contributed by atoms with Gasteiger partial charge in [0, 0.05) is 11.8 Å². The number of aromatic nitrogens is 2. The maximum absolute atomic E-state index is 12.3. The normalized spacial score (nSPS) is 11.7. The van der Waals surface area contributed by atoms with Gasteiger partial charge in [-0.15, -0.1) is 4.37 Å². The van der Waals surface area contributed by atoms with Crippen LogP contribution in [0, 0.1) is 0 Å². The van der Waals surface area contributed by atoms with Gasteiger partial charge < -0.3 is 4.42 Å². The first kappa shape index (κ1) is 10.8. The van der Waals surface area contributed by atoms with Gasteiger partial charge in [-0.2, -0.15) is 13.2 Å². The van der Waals surface area contributed by atoms with Crippen LogP contribution in [0.3, 0.4) is 0 Å². The van der Waals surface area contributed by atoms with E-state index in [1.165, 1.54) is 6.07 Å². The van der Waals surface area contributed by atoms with Crippen molar-refractivity contribution in [2.45, 2.75) is 6.18 Å². The smallest absolute Gasteiger partial charge is 0.394 e. The van der Waals surface area contributed by atoms with Gasteiger partial charge in [0.05, 0.1) is 11.5 Å². The summed E-state index contributed by atoms with van der Waals surface area (Å²) in [5.74, 6) is -0.136. The SMILES string of the molecule is O=c1oc(-c2ccnc(C(F)(F)F)c2)ns1. The van der Waals surface area contributed by atoms with Crippen LogP contribution in [0.15, 0.2) is 27.5 Å². The monoisotopic (exact) mass is 248 g/mol. The molecule has 8 heteroatoms. The average Bonchev–Trinajstić information content (AvgIpc) is 2.64. The standard InChI is InChI=1S/C8H3F3N2O2S/c9-8(10,11)5-3-4(1-2-12-5)6-13-16-7(14)15-6/h1-3H. The van der Waals surface area contributed by atoms with Crippen LogP contribution in [-0.2, 0) is 6.18 Å². The van der Waals surface area contributed by atoms with Gasteiger partial charge in [0.2, 0.25) is 5.89 Å². The lowest BCUT2D eigenvalue weighted by molar-refractivity contribution is -0.141. The van der Waals surface area contributed by atoms with Crippen molar-refractivity contribution in [1.82, 2.24) is 9.36 Å². The summed E-state index contributed by atoms with van der Waals surface area (Å²) in [6, 6.07) is 2.06. The average molecular weight is 248 g/mol. The molecule has 2 heterocycles. The maximum atomic E-state index is 12.3. The predicted octanol–water partition coefficient (Wildman–Crippen LogP) is 2.18. The van der Waals surface area contributed by atoms with E-state index in [0.29, 0.717) is 11.5 Å². The molecule has 0 amide bonds. The Morgan fingerprint density at radius 1 is 1.38 bits per heavy atom. The summed E-state index contributed by atoms with van der Waals surface area (Å²) < 4.78 is 45.1. The van der Waals surface area contributed by atoms with Gasteiger partial charge in [0.25, 0.3) is 0 Å². The Bertz CT molecular complexity index is 561. The molecule has 0 unspecified atom stereocenters. The molecule has 0 spiro atoms. The minimum Gasteiger partial charge on any atom is -0.394 e. The van der Waals surface area contributed by atoms with Crippen molar-refractivity contribution in [3.05, 3.63) is 33.8 Å². The molecule has 0 aliphatic rings. The van der Waals surface area contributed by atoms with E-state index < -0.39 is 16.8 Å². The molecule has 0 fully saturated rings. The van der Waals surface area contributed by atoms with Crippen molar-refractivity contribution in [3.8, 4) is 11.5 Å². The van der Waals surface area contributed by atoms with Crippen molar-refractivity contribution >= 4 is 11.5 Å². The predicted molar refractivity (Wildman–Crippen MR) is 48.9 cm³/mol. The third-order valence-electron chi connectivity index (χ3n) is 1.68. The molecule has 0 saturated carbocycles. The first-order chi connectivity index (χ1) is 7.47. The lowest BCUT2D eigenvalue weighted by Gasteiger charge is -2.05. The highest BCUT2D eigenvalue weighted by atomic mass is 32.1. The van der Waals surface area contributed by atoms with Gasteiger partial charge in [0.15, 0.2) is 0 Å². The van der Waals surface area contributed by atoms with E-state index in [2.05, 4.69) is 13.8 Å². The van der Waals surface area contributed by atoms with E-state index in [1.54, 1.807) is 0 Å². The summed E-state index contributed by atoms with van der Waals surface area (Å²) >= 11 is 0.539. The van der Waals surface area contributed by atoms with Crippen molar-refractivity contribution < 1.29 is 17.6 Å². The molecule has 0 bridgehead atoms. The molecule has 0 aliphatic heterocycles. The van der Waals surface area contributed by atoms with Gasteiger partial charge in [-0.25, -0.2) is 4.79 Å². The van der Waals surface area contributed by atoms with Crippen LogP contribution in [0.2, 0.25) is 0 Å². The van der Waals surface area contributed by atoms with Crippen LogP contribution in [0.5, 0.6) is 0 Å². The summed E-state index contributed by atoms with van der Waals surface area (Å²) in [5.41, 5.74) is -0.985. The van der Waals surface area contributed by atoms with Crippen molar-refractivity contribution in [2.24, 2.45) is 0 Å². The zero-order valence-electron chi connectivity index (χ0n) is 7.49. The highest BCUT2D eigenvalue weighted by Gasteiger charge is 2.32. The van der Waals surface area contributed by atoms with Crippen LogP contribution in [-0.4, -0.2) is 9.36 Å². The van der Waals surface area contributed by atoms with E-state index in [1.807, 2.05) is 0 Å². The molecule has 2 rings (SSSR count). The Kier molecular flexibility index (Phi) is 2.50. The number of alkyl halides is 3. The molecule has 4 nitrogen and oxygen atoms in total. The van der Waals surface area contributed by atoms with Gasteiger partial charge >= 0.3 is 11.1 Å². The Hall–Kier alpha value is -1.70. The summed E-state index contributed by atoms with van der Waals surface area (Å²) in [7, 11) is 0. The summed E-state index contributed by atoms with van der Waals surface area (Å²) in [4.78, 5) is 13.2. The second-order valence-corrected chi connectivity index (χ2v) is 3.47. The van der Waals surface area contributed by atoms with E-state index in [9.17, 15) is 18.0 Å². The number of hydrogen-bond acceptors (Lipinski definition) is 5. The zero-order valence-corrected chi connectivity index (χ0v) is 8.30.